The molecule has 1 unspecified atom stereocenters. The minimum atomic E-state index is -0.857. The van der Waals surface area contributed by atoms with E-state index in [9.17, 15) is 9.90 Å². The molecule has 0 fully saturated rings. The first-order valence-corrected chi connectivity index (χ1v) is 11.7. The van der Waals surface area contributed by atoms with Crippen LogP contribution in [0.5, 0.6) is 11.5 Å². The molecule has 0 saturated carbocycles. The topological polar surface area (TPSA) is 67.8 Å². The fraction of sp³-hybridized carbons (Fsp3) is 0.350. The number of ether oxygens (including phenoxy) is 2. The van der Waals surface area contributed by atoms with Crippen molar-refractivity contribution in [3.8, 4) is 11.5 Å². The van der Waals surface area contributed by atoms with E-state index in [2.05, 4.69) is 21.2 Å². The predicted octanol–water partition coefficient (Wildman–Crippen LogP) is 5.64. The van der Waals surface area contributed by atoms with Gasteiger partial charge in [0.2, 0.25) is 0 Å². The molecule has 9 heteroatoms. The van der Waals surface area contributed by atoms with E-state index in [4.69, 9.17) is 32.7 Å². The molecule has 1 atom stereocenters. The highest BCUT2D eigenvalue weighted by Gasteiger charge is 2.18. The quantitative estimate of drug-likeness (QED) is 0.398. The fourth-order valence-electron chi connectivity index (χ4n) is 2.59. The Bertz CT molecular complexity index is 853. The van der Waals surface area contributed by atoms with Crippen molar-refractivity contribution in [2.75, 3.05) is 19.1 Å². The Balaban J connectivity index is 2.10. The first kappa shape index (κ1) is 24.2. The second kappa shape index (κ2) is 11.9. The molecule has 0 saturated heterocycles. The Labute approximate surface area is 193 Å². The van der Waals surface area contributed by atoms with Crippen LogP contribution in [0.1, 0.15) is 17.5 Å². The number of carboxylic acids is 1. The molecule has 2 rings (SSSR count). The van der Waals surface area contributed by atoms with Crippen LogP contribution in [0.15, 0.2) is 34.8 Å². The van der Waals surface area contributed by atoms with Crippen LogP contribution in [0.3, 0.4) is 0 Å². The van der Waals surface area contributed by atoms with Crippen molar-refractivity contribution in [3.63, 3.8) is 0 Å². The monoisotopic (exact) mass is 521 g/mol. The van der Waals surface area contributed by atoms with Gasteiger partial charge in [-0.1, -0.05) is 29.3 Å². The summed E-state index contributed by atoms with van der Waals surface area (Å²) >= 11 is 17.3. The van der Waals surface area contributed by atoms with Gasteiger partial charge in [0.15, 0.2) is 11.5 Å². The van der Waals surface area contributed by atoms with Crippen LogP contribution in [0.4, 0.5) is 0 Å². The van der Waals surface area contributed by atoms with Crippen molar-refractivity contribution in [2.24, 2.45) is 0 Å². The largest absolute Gasteiger partial charge is 0.493 e. The number of carbonyl (C=O) groups is 1. The lowest BCUT2D eigenvalue weighted by Gasteiger charge is -2.17. The Morgan fingerprint density at radius 1 is 1.31 bits per heavy atom. The number of aliphatic carboxylic acids is 1. The molecule has 0 bridgehead atoms. The standard InChI is InChI=1S/C20H22BrCl2NO4S/c1-27-18-8-12(10-24-17(20(25)26)5-6-29-2)7-15(21)19(18)28-11-13-3-4-14(22)9-16(13)23/h3-4,7-9,17,24H,5-6,10-11H2,1-2H3,(H,25,26). The number of halogens is 3. The lowest BCUT2D eigenvalue weighted by atomic mass is 10.1. The summed E-state index contributed by atoms with van der Waals surface area (Å²) in [6.45, 7) is 0.641. The average molecular weight is 523 g/mol. The maximum atomic E-state index is 11.4. The van der Waals surface area contributed by atoms with Gasteiger partial charge >= 0.3 is 5.97 Å². The number of nitrogens with one attached hydrogen (secondary N) is 1. The molecule has 5 nitrogen and oxygen atoms in total. The summed E-state index contributed by atoms with van der Waals surface area (Å²) in [5.41, 5.74) is 1.68. The van der Waals surface area contributed by atoms with Crippen LogP contribution in [-0.2, 0) is 17.9 Å². The minimum Gasteiger partial charge on any atom is -0.493 e. The Morgan fingerprint density at radius 2 is 2.07 bits per heavy atom. The number of carboxylic acid groups (broad SMARTS) is 1. The van der Waals surface area contributed by atoms with Crippen molar-refractivity contribution < 1.29 is 19.4 Å². The lowest BCUT2D eigenvalue weighted by molar-refractivity contribution is -0.139. The van der Waals surface area contributed by atoms with Crippen molar-refractivity contribution in [1.82, 2.24) is 5.32 Å². The van der Waals surface area contributed by atoms with E-state index in [1.807, 2.05) is 24.5 Å². The molecule has 0 aromatic heterocycles. The van der Waals surface area contributed by atoms with Crippen LogP contribution in [-0.4, -0.2) is 36.2 Å². The summed E-state index contributed by atoms with van der Waals surface area (Å²) in [5, 5.41) is 13.5. The van der Waals surface area contributed by atoms with Gasteiger partial charge in [0.25, 0.3) is 0 Å². The van der Waals surface area contributed by atoms with Crippen molar-refractivity contribution >= 4 is 56.9 Å². The molecule has 0 amide bonds. The van der Waals surface area contributed by atoms with Gasteiger partial charge in [-0.2, -0.15) is 11.8 Å². The molecule has 0 aliphatic heterocycles. The summed E-state index contributed by atoms with van der Waals surface area (Å²) in [6, 6.07) is 8.33. The molecule has 0 aliphatic rings. The summed E-state index contributed by atoms with van der Waals surface area (Å²) in [4.78, 5) is 11.4. The predicted molar refractivity (Wildman–Crippen MR) is 123 cm³/mol. The Morgan fingerprint density at radius 3 is 2.69 bits per heavy atom. The molecule has 2 aromatic rings. The van der Waals surface area contributed by atoms with Gasteiger partial charge in [-0.05, 0) is 64.2 Å². The molecule has 0 aliphatic carbocycles. The minimum absolute atomic E-state index is 0.248. The summed E-state index contributed by atoms with van der Waals surface area (Å²) in [7, 11) is 1.56. The zero-order valence-corrected chi connectivity index (χ0v) is 19.9. The van der Waals surface area contributed by atoms with E-state index in [0.29, 0.717) is 39.0 Å². The second-order valence-electron chi connectivity index (χ2n) is 6.19. The molecule has 0 radical (unpaired) electrons. The van der Waals surface area contributed by atoms with Gasteiger partial charge in [0.05, 0.1) is 11.6 Å². The van der Waals surface area contributed by atoms with Crippen LogP contribution in [0.2, 0.25) is 10.0 Å². The van der Waals surface area contributed by atoms with Crippen molar-refractivity contribution in [2.45, 2.75) is 25.6 Å². The molecule has 2 N–H and O–H groups in total. The van der Waals surface area contributed by atoms with Gasteiger partial charge in [0, 0.05) is 22.2 Å². The third-order valence-corrected chi connectivity index (χ3v) is 5.96. The summed E-state index contributed by atoms with van der Waals surface area (Å²) in [5.74, 6) is 0.998. The van der Waals surface area contributed by atoms with E-state index >= 15 is 0 Å². The normalized spacial score (nSPS) is 11.9. The summed E-state index contributed by atoms with van der Waals surface area (Å²) < 4.78 is 12.1. The first-order valence-electron chi connectivity index (χ1n) is 8.74. The van der Waals surface area contributed by atoms with Crippen LogP contribution in [0.25, 0.3) is 0 Å². The summed E-state index contributed by atoms with van der Waals surface area (Å²) in [6.07, 6.45) is 2.51. The number of methoxy groups -OCH3 is 1. The van der Waals surface area contributed by atoms with Gasteiger partial charge in [0.1, 0.15) is 12.6 Å². The Kier molecular flexibility index (Phi) is 9.92. The van der Waals surface area contributed by atoms with E-state index in [-0.39, 0.29) is 6.61 Å². The van der Waals surface area contributed by atoms with E-state index in [1.54, 1.807) is 31.0 Å². The van der Waals surface area contributed by atoms with Crippen LogP contribution >= 0.6 is 50.9 Å². The van der Waals surface area contributed by atoms with E-state index in [1.165, 1.54) is 0 Å². The Hall–Kier alpha value is -1.12. The lowest BCUT2D eigenvalue weighted by Crippen LogP contribution is -2.36. The van der Waals surface area contributed by atoms with Crippen LogP contribution in [0, 0.1) is 0 Å². The van der Waals surface area contributed by atoms with E-state index < -0.39 is 12.0 Å². The maximum absolute atomic E-state index is 11.4. The van der Waals surface area contributed by atoms with Gasteiger partial charge in [-0.25, -0.2) is 0 Å². The molecule has 0 heterocycles. The molecule has 29 heavy (non-hydrogen) atoms. The van der Waals surface area contributed by atoms with Gasteiger partial charge in [-0.3, -0.25) is 4.79 Å². The molecular formula is C20H22BrCl2NO4S. The zero-order valence-electron chi connectivity index (χ0n) is 16.0. The van der Waals surface area contributed by atoms with Gasteiger partial charge < -0.3 is 19.9 Å². The van der Waals surface area contributed by atoms with Crippen molar-refractivity contribution in [3.05, 3.63) is 56.0 Å². The zero-order chi connectivity index (χ0) is 21.4. The highest BCUT2D eigenvalue weighted by atomic mass is 79.9. The molecule has 0 spiro atoms. The van der Waals surface area contributed by atoms with Crippen molar-refractivity contribution in [1.29, 1.82) is 0 Å². The number of benzene rings is 2. The number of hydrogen-bond donors (Lipinski definition) is 2. The number of thioether (sulfide) groups is 1. The molecule has 2 aromatic carbocycles. The molecule has 158 valence electrons. The maximum Gasteiger partial charge on any atom is 0.320 e. The third kappa shape index (κ3) is 7.26. The highest BCUT2D eigenvalue weighted by Crippen LogP contribution is 2.37. The van der Waals surface area contributed by atoms with E-state index in [0.717, 1.165) is 16.9 Å². The fourth-order valence-corrected chi connectivity index (χ4v) is 4.13. The smallest absolute Gasteiger partial charge is 0.320 e. The third-order valence-electron chi connectivity index (χ3n) is 4.14. The SMILES string of the molecule is COc1cc(CNC(CCSC)C(=O)O)cc(Br)c1OCc1ccc(Cl)cc1Cl. The van der Waals surface area contributed by atoms with Gasteiger partial charge in [-0.15, -0.1) is 0 Å². The second-order valence-corrected chi connectivity index (χ2v) is 8.87. The number of rotatable bonds is 11. The first-order chi connectivity index (χ1) is 13.8. The highest BCUT2D eigenvalue weighted by molar-refractivity contribution is 9.10. The molecular weight excluding hydrogens is 501 g/mol. The number of hydrogen-bond acceptors (Lipinski definition) is 5. The average Bonchev–Trinajstić information content (AvgIpc) is 2.67. The van der Waals surface area contributed by atoms with Crippen LogP contribution < -0.4 is 14.8 Å².